The van der Waals surface area contributed by atoms with Crippen molar-refractivity contribution in [2.45, 2.75) is 6.92 Å². The van der Waals surface area contributed by atoms with E-state index in [0.29, 0.717) is 0 Å². The molecule has 156 valence electrons. The zero-order chi connectivity index (χ0) is 22.5. The van der Waals surface area contributed by atoms with Crippen LogP contribution in [0.15, 0.2) is 121 Å². The molecule has 0 fully saturated rings. The maximum Gasteiger partial charge on any atom is 0.0782 e. The lowest BCUT2D eigenvalue weighted by atomic mass is 9.95. The van der Waals surface area contributed by atoms with Crippen molar-refractivity contribution in [3.05, 3.63) is 122 Å². The van der Waals surface area contributed by atoms with E-state index in [-0.39, 0.29) is 0 Å². The first-order chi connectivity index (χ1) is 15.7. The van der Waals surface area contributed by atoms with Gasteiger partial charge in [0.25, 0.3) is 0 Å². The van der Waals surface area contributed by atoms with Gasteiger partial charge in [0.1, 0.15) is 0 Å². The van der Waals surface area contributed by atoms with Crippen molar-refractivity contribution in [3.8, 4) is 0 Å². The Morgan fingerprint density at radius 2 is 1.62 bits per heavy atom. The summed E-state index contributed by atoms with van der Waals surface area (Å²) < 4.78 is 0. The van der Waals surface area contributed by atoms with Crippen LogP contribution in [-0.2, 0) is 0 Å². The summed E-state index contributed by atoms with van der Waals surface area (Å²) in [6, 6.07) is 21.1. The van der Waals surface area contributed by atoms with E-state index >= 15 is 0 Å². The molecule has 4 rings (SSSR count). The molecule has 0 spiro atoms. The van der Waals surface area contributed by atoms with E-state index < -0.39 is 0 Å². The highest BCUT2D eigenvalue weighted by Gasteiger charge is 2.12. The standard InChI is InChI=1S/C30H26N2/c1-5-7-12-22(6-2)27(31-4)20-17-21(3)30-26-19-18-23-13-8-9-14-24(23)29(26)25-15-10-11-16-28(25)32-30/h5-20H,1,3H2,2,4H3/b12-7-,20-17-,22-6+,31-27?. The van der Waals surface area contributed by atoms with Crippen molar-refractivity contribution < 1.29 is 0 Å². The fraction of sp³-hybridized carbons (Fsp3) is 0.0667. The minimum absolute atomic E-state index is 0.848. The van der Waals surface area contributed by atoms with Gasteiger partial charge in [-0.25, -0.2) is 4.98 Å². The second-order valence-corrected chi connectivity index (χ2v) is 7.49. The zero-order valence-corrected chi connectivity index (χ0v) is 18.5. The molecule has 0 radical (unpaired) electrons. The van der Waals surface area contributed by atoms with Crippen LogP contribution in [0.3, 0.4) is 0 Å². The summed E-state index contributed by atoms with van der Waals surface area (Å²) in [5, 5.41) is 5.91. The Morgan fingerprint density at radius 1 is 0.875 bits per heavy atom. The molecule has 0 saturated carbocycles. The second kappa shape index (κ2) is 9.40. The van der Waals surface area contributed by atoms with E-state index in [4.69, 9.17) is 4.98 Å². The highest BCUT2D eigenvalue weighted by atomic mass is 14.7. The van der Waals surface area contributed by atoms with Gasteiger partial charge in [-0.2, -0.15) is 0 Å². The average molecular weight is 415 g/mol. The maximum absolute atomic E-state index is 5.00. The Labute approximate surface area is 189 Å². The minimum Gasteiger partial charge on any atom is -0.288 e. The number of fused-ring (bicyclic) bond motifs is 5. The van der Waals surface area contributed by atoms with Gasteiger partial charge in [0.05, 0.1) is 16.9 Å². The summed E-state index contributed by atoms with van der Waals surface area (Å²) in [5.74, 6) is 0. The number of hydrogen-bond donors (Lipinski definition) is 0. The molecule has 2 nitrogen and oxygen atoms in total. The fourth-order valence-electron chi connectivity index (χ4n) is 4.03. The van der Waals surface area contributed by atoms with Gasteiger partial charge < -0.3 is 0 Å². The Balaban J connectivity index is 1.88. The number of para-hydroxylation sites is 1. The third-order valence-electron chi connectivity index (χ3n) is 5.60. The van der Waals surface area contributed by atoms with Gasteiger partial charge in [-0.05, 0) is 41.0 Å². The van der Waals surface area contributed by atoms with Crippen LogP contribution in [0, 0.1) is 0 Å². The van der Waals surface area contributed by atoms with Gasteiger partial charge in [-0.15, -0.1) is 0 Å². The summed E-state index contributed by atoms with van der Waals surface area (Å²) in [5.41, 5.74) is 4.61. The quantitative estimate of drug-likeness (QED) is 0.179. The number of nitrogens with zero attached hydrogens (tertiary/aromatic N) is 2. The molecule has 3 aromatic carbocycles. The van der Waals surface area contributed by atoms with E-state index in [9.17, 15) is 0 Å². The van der Waals surface area contributed by atoms with Gasteiger partial charge in [0.2, 0.25) is 0 Å². The predicted molar refractivity (Wildman–Crippen MR) is 141 cm³/mol. The first-order valence-corrected chi connectivity index (χ1v) is 10.7. The third kappa shape index (κ3) is 3.95. The first-order valence-electron chi connectivity index (χ1n) is 10.7. The molecule has 0 saturated heterocycles. The number of allylic oxidation sites excluding steroid dienone is 8. The van der Waals surface area contributed by atoms with E-state index in [2.05, 4.69) is 72.7 Å². The number of aliphatic imine (C=N–C) groups is 1. The van der Waals surface area contributed by atoms with Gasteiger partial charge in [-0.1, -0.05) is 98.1 Å². The molecule has 0 unspecified atom stereocenters. The molecular weight excluding hydrogens is 388 g/mol. The summed E-state index contributed by atoms with van der Waals surface area (Å²) in [6.07, 6.45) is 11.7. The van der Waals surface area contributed by atoms with Crippen molar-refractivity contribution in [3.63, 3.8) is 0 Å². The van der Waals surface area contributed by atoms with Crippen molar-refractivity contribution >= 4 is 43.7 Å². The molecule has 0 amide bonds. The van der Waals surface area contributed by atoms with Crippen LogP contribution in [0.25, 0.3) is 38.0 Å². The molecule has 1 heterocycles. The molecule has 1 aromatic heterocycles. The average Bonchev–Trinajstić information content (AvgIpc) is 2.84. The van der Waals surface area contributed by atoms with Crippen molar-refractivity contribution in [2.75, 3.05) is 7.05 Å². The lowest BCUT2D eigenvalue weighted by Crippen LogP contribution is -1.97. The van der Waals surface area contributed by atoms with Gasteiger partial charge in [0.15, 0.2) is 0 Å². The largest absolute Gasteiger partial charge is 0.288 e. The molecule has 0 aliphatic rings. The van der Waals surface area contributed by atoms with E-state index in [1.54, 1.807) is 13.1 Å². The Morgan fingerprint density at radius 3 is 2.38 bits per heavy atom. The topological polar surface area (TPSA) is 25.2 Å². The molecule has 0 atom stereocenters. The predicted octanol–water partition coefficient (Wildman–Crippen LogP) is 7.87. The van der Waals surface area contributed by atoms with Crippen molar-refractivity contribution in [2.24, 2.45) is 4.99 Å². The minimum atomic E-state index is 0.848. The van der Waals surface area contributed by atoms with E-state index in [1.165, 1.54) is 16.2 Å². The Kier molecular flexibility index (Phi) is 6.23. The number of benzene rings is 3. The zero-order valence-electron chi connectivity index (χ0n) is 18.5. The number of aromatic nitrogens is 1. The molecule has 0 N–H and O–H groups in total. The molecular formula is C30H26N2. The molecule has 0 aliphatic carbocycles. The number of rotatable bonds is 6. The smallest absolute Gasteiger partial charge is 0.0782 e. The maximum atomic E-state index is 5.00. The van der Waals surface area contributed by atoms with Crippen LogP contribution < -0.4 is 0 Å². The number of hydrogen-bond acceptors (Lipinski definition) is 2. The van der Waals surface area contributed by atoms with E-state index in [1.807, 2.05) is 43.4 Å². The fourth-order valence-corrected chi connectivity index (χ4v) is 4.03. The molecule has 0 aliphatic heterocycles. The lowest BCUT2D eigenvalue weighted by molar-refractivity contribution is 1.39. The van der Waals surface area contributed by atoms with Gasteiger partial charge in [-0.3, -0.25) is 4.99 Å². The summed E-state index contributed by atoms with van der Waals surface area (Å²) in [6.45, 7) is 10.1. The van der Waals surface area contributed by atoms with Crippen LogP contribution in [-0.4, -0.2) is 17.7 Å². The molecule has 2 heteroatoms. The van der Waals surface area contributed by atoms with E-state index in [0.717, 1.165) is 38.8 Å². The van der Waals surface area contributed by atoms with Crippen LogP contribution >= 0.6 is 0 Å². The molecule has 4 aromatic rings. The first kappa shape index (κ1) is 21.2. The highest BCUT2D eigenvalue weighted by molar-refractivity contribution is 6.21. The van der Waals surface area contributed by atoms with Gasteiger partial charge in [0, 0.05) is 23.2 Å². The SMILES string of the molecule is C=C/C=C\C(=C/C)C(/C=C\C(=C)c1nc2ccccc2c2c1ccc1ccccc12)=NC. The summed E-state index contributed by atoms with van der Waals surface area (Å²) >= 11 is 0. The monoisotopic (exact) mass is 414 g/mol. The highest BCUT2D eigenvalue weighted by Crippen LogP contribution is 2.35. The van der Waals surface area contributed by atoms with Crippen LogP contribution in [0.5, 0.6) is 0 Å². The third-order valence-corrected chi connectivity index (χ3v) is 5.60. The Bertz CT molecular complexity index is 1450. The lowest BCUT2D eigenvalue weighted by Gasteiger charge is -2.12. The van der Waals surface area contributed by atoms with Crippen LogP contribution in [0.4, 0.5) is 0 Å². The van der Waals surface area contributed by atoms with Crippen molar-refractivity contribution in [1.29, 1.82) is 0 Å². The normalized spacial score (nSPS) is 13.1. The second-order valence-electron chi connectivity index (χ2n) is 7.49. The van der Waals surface area contributed by atoms with Crippen molar-refractivity contribution in [1.82, 2.24) is 4.98 Å². The summed E-state index contributed by atoms with van der Waals surface area (Å²) in [4.78, 5) is 9.44. The van der Waals surface area contributed by atoms with Gasteiger partial charge >= 0.3 is 0 Å². The summed E-state index contributed by atoms with van der Waals surface area (Å²) in [7, 11) is 1.80. The number of pyridine rings is 1. The van der Waals surface area contributed by atoms with Crippen LogP contribution in [0.2, 0.25) is 0 Å². The molecule has 32 heavy (non-hydrogen) atoms. The molecule has 0 bridgehead atoms. The van der Waals surface area contributed by atoms with Crippen LogP contribution in [0.1, 0.15) is 12.6 Å². The Hall–Kier alpha value is -4.04.